The molecule has 98 valence electrons. The SMILES string of the molecule is Cc1cccc(-c2nc3c(s2)CCC3C(=O)O)c1C. The van der Waals surface area contributed by atoms with E-state index in [1.54, 1.807) is 11.3 Å². The lowest BCUT2D eigenvalue weighted by atomic mass is 10.0. The van der Waals surface area contributed by atoms with Crippen LogP contribution in [-0.2, 0) is 11.2 Å². The average molecular weight is 273 g/mol. The predicted molar refractivity (Wildman–Crippen MR) is 75.7 cm³/mol. The highest BCUT2D eigenvalue weighted by Gasteiger charge is 2.32. The van der Waals surface area contributed by atoms with Crippen molar-refractivity contribution in [3.8, 4) is 10.6 Å². The standard InChI is InChI=1S/C15H15NO2S/c1-8-4-3-5-10(9(8)2)14-16-13-11(15(17)18)6-7-12(13)19-14/h3-5,11H,6-7H2,1-2H3,(H,17,18). The molecule has 0 bridgehead atoms. The number of aliphatic carboxylic acids is 1. The quantitative estimate of drug-likeness (QED) is 0.910. The molecule has 3 nitrogen and oxygen atoms in total. The zero-order valence-electron chi connectivity index (χ0n) is 10.9. The van der Waals surface area contributed by atoms with Gasteiger partial charge < -0.3 is 5.11 Å². The van der Waals surface area contributed by atoms with Gasteiger partial charge in [-0.05, 0) is 37.8 Å². The van der Waals surface area contributed by atoms with E-state index in [-0.39, 0.29) is 0 Å². The summed E-state index contributed by atoms with van der Waals surface area (Å²) in [4.78, 5) is 16.9. The van der Waals surface area contributed by atoms with Crippen LogP contribution in [0.15, 0.2) is 18.2 Å². The van der Waals surface area contributed by atoms with E-state index in [1.807, 2.05) is 6.07 Å². The summed E-state index contributed by atoms with van der Waals surface area (Å²) in [6.07, 6.45) is 1.53. The first-order chi connectivity index (χ1) is 9.08. The Bertz CT molecular complexity index is 660. The van der Waals surface area contributed by atoms with E-state index in [2.05, 4.69) is 31.0 Å². The Morgan fingerprint density at radius 3 is 2.95 bits per heavy atom. The number of aromatic nitrogens is 1. The molecule has 1 heterocycles. The monoisotopic (exact) mass is 273 g/mol. The summed E-state index contributed by atoms with van der Waals surface area (Å²) in [5.41, 5.74) is 4.38. The molecule has 1 aliphatic rings. The molecule has 1 aliphatic carbocycles. The molecule has 1 unspecified atom stereocenters. The maximum Gasteiger partial charge on any atom is 0.312 e. The number of thiazole rings is 1. The zero-order valence-corrected chi connectivity index (χ0v) is 11.8. The molecule has 4 heteroatoms. The van der Waals surface area contributed by atoms with Gasteiger partial charge in [-0.15, -0.1) is 11.3 Å². The van der Waals surface area contributed by atoms with Gasteiger partial charge in [-0.25, -0.2) is 4.98 Å². The molecular formula is C15H15NO2S. The van der Waals surface area contributed by atoms with E-state index in [0.717, 1.165) is 27.6 Å². The van der Waals surface area contributed by atoms with E-state index in [1.165, 1.54) is 11.1 Å². The van der Waals surface area contributed by atoms with Crippen LogP contribution in [0.5, 0.6) is 0 Å². The number of carboxylic acids is 1. The van der Waals surface area contributed by atoms with Crippen molar-refractivity contribution in [2.24, 2.45) is 0 Å². The molecule has 19 heavy (non-hydrogen) atoms. The van der Waals surface area contributed by atoms with Crippen LogP contribution in [0.25, 0.3) is 10.6 Å². The molecule has 0 radical (unpaired) electrons. The van der Waals surface area contributed by atoms with Gasteiger partial charge in [0.25, 0.3) is 0 Å². The highest BCUT2D eigenvalue weighted by molar-refractivity contribution is 7.15. The maximum atomic E-state index is 11.2. The van der Waals surface area contributed by atoms with E-state index >= 15 is 0 Å². The van der Waals surface area contributed by atoms with Gasteiger partial charge in [0.05, 0.1) is 5.69 Å². The lowest BCUT2D eigenvalue weighted by molar-refractivity contribution is -0.138. The van der Waals surface area contributed by atoms with Crippen LogP contribution < -0.4 is 0 Å². The van der Waals surface area contributed by atoms with Crippen LogP contribution in [0.1, 0.15) is 34.0 Å². The van der Waals surface area contributed by atoms with Gasteiger partial charge in [0.2, 0.25) is 0 Å². The van der Waals surface area contributed by atoms with Gasteiger partial charge in [0, 0.05) is 10.4 Å². The van der Waals surface area contributed by atoms with E-state index in [0.29, 0.717) is 6.42 Å². The lowest BCUT2D eigenvalue weighted by Gasteiger charge is -2.06. The second-order valence-electron chi connectivity index (χ2n) is 5.00. The molecule has 1 N–H and O–H groups in total. The second-order valence-corrected chi connectivity index (χ2v) is 6.09. The molecule has 0 aliphatic heterocycles. The van der Waals surface area contributed by atoms with Crippen molar-refractivity contribution in [1.82, 2.24) is 4.98 Å². The number of hydrogen-bond donors (Lipinski definition) is 1. The topological polar surface area (TPSA) is 50.2 Å². The van der Waals surface area contributed by atoms with E-state index in [9.17, 15) is 9.90 Å². The summed E-state index contributed by atoms with van der Waals surface area (Å²) in [5.74, 6) is -1.17. The summed E-state index contributed by atoms with van der Waals surface area (Å²) in [7, 11) is 0. The highest BCUT2D eigenvalue weighted by atomic mass is 32.1. The third-order valence-corrected chi connectivity index (χ3v) is 5.02. The predicted octanol–water partition coefficient (Wildman–Crippen LogP) is 3.54. The number of nitrogens with zero attached hydrogens (tertiary/aromatic N) is 1. The Morgan fingerprint density at radius 2 is 2.21 bits per heavy atom. The number of hydrogen-bond acceptors (Lipinski definition) is 3. The van der Waals surface area contributed by atoms with Crippen molar-refractivity contribution < 1.29 is 9.90 Å². The van der Waals surface area contributed by atoms with Gasteiger partial charge in [-0.1, -0.05) is 18.2 Å². The number of rotatable bonds is 2. The molecule has 1 aromatic heterocycles. The van der Waals surface area contributed by atoms with Gasteiger partial charge >= 0.3 is 5.97 Å². The average Bonchev–Trinajstić information content (AvgIpc) is 2.91. The molecule has 2 aromatic rings. The minimum atomic E-state index is -0.753. The fourth-order valence-corrected chi connectivity index (χ4v) is 3.79. The number of carboxylic acid groups (broad SMARTS) is 1. The molecule has 0 saturated carbocycles. The van der Waals surface area contributed by atoms with E-state index < -0.39 is 11.9 Å². The van der Waals surface area contributed by atoms with Gasteiger partial charge in [-0.2, -0.15) is 0 Å². The van der Waals surface area contributed by atoms with Crippen LogP contribution in [0.4, 0.5) is 0 Å². The normalized spacial score (nSPS) is 17.5. The Kier molecular flexibility index (Phi) is 2.90. The summed E-state index contributed by atoms with van der Waals surface area (Å²) in [6, 6.07) is 6.17. The van der Waals surface area contributed by atoms with E-state index in [4.69, 9.17) is 0 Å². The Balaban J connectivity index is 2.07. The van der Waals surface area contributed by atoms with Crippen LogP contribution in [0.2, 0.25) is 0 Å². The number of carbonyl (C=O) groups is 1. The minimum absolute atomic E-state index is 0.412. The van der Waals surface area contributed by atoms with Crippen molar-refractivity contribution in [3.05, 3.63) is 39.9 Å². The summed E-state index contributed by atoms with van der Waals surface area (Å²) >= 11 is 1.64. The van der Waals surface area contributed by atoms with Crippen molar-refractivity contribution in [1.29, 1.82) is 0 Å². The molecule has 1 atom stereocenters. The Labute approximate surface area is 115 Å². The molecule has 0 spiro atoms. The van der Waals surface area contributed by atoms with Crippen LogP contribution in [0.3, 0.4) is 0 Å². The number of fused-ring (bicyclic) bond motifs is 1. The van der Waals surface area contributed by atoms with Crippen molar-refractivity contribution >= 4 is 17.3 Å². The number of aryl methyl sites for hydroxylation is 2. The maximum absolute atomic E-state index is 11.2. The second kappa shape index (κ2) is 4.46. The summed E-state index contributed by atoms with van der Waals surface area (Å²) < 4.78 is 0. The molecule has 0 saturated heterocycles. The van der Waals surface area contributed by atoms with Crippen molar-refractivity contribution in [2.75, 3.05) is 0 Å². The summed E-state index contributed by atoms with van der Waals surface area (Å²) in [5, 5.41) is 10.2. The fraction of sp³-hybridized carbons (Fsp3) is 0.333. The fourth-order valence-electron chi connectivity index (χ4n) is 2.57. The molecule has 3 rings (SSSR count). The van der Waals surface area contributed by atoms with Crippen molar-refractivity contribution in [3.63, 3.8) is 0 Å². The Hall–Kier alpha value is -1.68. The minimum Gasteiger partial charge on any atom is -0.481 e. The highest BCUT2D eigenvalue weighted by Crippen LogP contribution is 2.40. The van der Waals surface area contributed by atoms with Gasteiger partial charge in [0.1, 0.15) is 10.9 Å². The largest absolute Gasteiger partial charge is 0.481 e. The molecule has 1 aromatic carbocycles. The lowest BCUT2D eigenvalue weighted by Crippen LogP contribution is -2.08. The first-order valence-corrected chi connectivity index (χ1v) is 7.18. The third kappa shape index (κ3) is 1.96. The molecular weight excluding hydrogens is 258 g/mol. The van der Waals surface area contributed by atoms with Crippen molar-refractivity contribution in [2.45, 2.75) is 32.6 Å². The first kappa shape index (κ1) is 12.4. The third-order valence-electron chi connectivity index (χ3n) is 3.85. The Morgan fingerprint density at radius 1 is 1.42 bits per heavy atom. The van der Waals surface area contributed by atoms with Gasteiger partial charge in [-0.3, -0.25) is 4.79 Å². The zero-order chi connectivity index (χ0) is 13.6. The van der Waals surface area contributed by atoms with Crippen LogP contribution in [0, 0.1) is 13.8 Å². The first-order valence-electron chi connectivity index (χ1n) is 6.37. The summed E-state index contributed by atoms with van der Waals surface area (Å²) in [6.45, 7) is 4.17. The number of benzene rings is 1. The van der Waals surface area contributed by atoms with Crippen LogP contribution in [-0.4, -0.2) is 16.1 Å². The molecule has 0 amide bonds. The van der Waals surface area contributed by atoms with Crippen LogP contribution >= 0.6 is 11.3 Å². The smallest absolute Gasteiger partial charge is 0.312 e. The van der Waals surface area contributed by atoms with Gasteiger partial charge in [0.15, 0.2) is 0 Å². The molecule has 0 fully saturated rings.